The van der Waals surface area contributed by atoms with Gasteiger partial charge in [-0.05, 0) is 64.2 Å². The van der Waals surface area contributed by atoms with Gasteiger partial charge in [-0.25, -0.2) is 4.79 Å². The number of carbonyl (C=O) groups is 2. The lowest BCUT2D eigenvalue weighted by Gasteiger charge is -2.57. The first kappa shape index (κ1) is 20.4. The Hall–Kier alpha value is -1.36. The molecule has 3 aliphatic rings. The Morgan fingerprint density at radius 2 is 1.78 bits per heavy atom. The molecule has 0 spiro atoms. The summed E-state index contributed by atoms with van der Waals surface area (Å²) in [7, 11) is 2.91. The van der Waals surface area contributed by atoms with Gasteiger partial charge in [0.15, 0.2) is 5.60 Å². The number of carbonyl (C=O) groups excluding carboxylic acids is 2. The van der Waals surface area contributed by atoms with Crippen LogP contribution in [-0.4, -0.2) is 37.9 Å². The van der Waals surface area contributed by atoms with E-state index in [1.165, 1.54) is 19.8 Å². The number of esters is 2. The van der Waals surface area contributed by atoms with Crippen LogP contribution >= 0.6 is 0 Å². The van der Waals surface area contributed by atoms with Crippen molar-refractivity contribution in [3.63, 3.8) is 0 Å². The molecule has 0 amide bonds. The molecule has 0 aromatic heterocycles. The van der Waals surface area contributed by atoms with Crippen LogP contribution in [0.5, 0.6) is 0 Å². The average molecular weight is 379 g/mol. The number of fused-ring (bicyclic) bond motifs is 2. The van der Waals surface area contributed by atoms with E-state index in [0.29, 0.717) is 0 Å². The topological polar surface area (TPSA) is 65.1 Å². The van der Waals surface area contributed by atoms with Gasteiger partial charge in [0.2, 0.25) is 0 Å². The molecule has 0 bridgehead atoms. The van der Waals surface area contributed by atoms with Gasteiger partial charge in [-0.1, -0.05) is 25.0 Å². The van der Waals surface area contributed by atoms with E-state index in [2.05, 4.69) is 26.8 Å². The Morgan fingerprint density at radius 1 is 1.11 bits per heavy atom. The Labute approximate surface area is 162 Å². The van der Waals surface area contributed by atoms with Gasteiger partial charge in [0.05, 0.1) is 25.7 Å². The molecule has 5 nitrogen and oxygen atoms in total. The summed E-state index contributed by atoms with van der Waals surface area (Å²) in [5.74, 6) is -0.193. The number of allylic oxidation sites excluding steroid dienone is 2. The highest BCUT2D eigenvalue weighted by Crippen LogP contribution is 2.69. The third-order valence-corrected chi connectivity index (χ3v) is 7.66. The molecule has 3 rings (SSSR count). The molecule has 0 N–H and O–H groups in total. The van der Waals surface area contributed by atoms with E-state index in [1.54, 1.807) is 0 Å². The molecule has 1 aliphatic heterocycles. The molecule has 0 aromatic rings. The maximum Gasteiger partial charge on any atom is 0.341 e. The zero-order valence-corrected chi connectivity index (χ0v) is 17.6. The van der Waals surface area contributed by atoms with Crippen molar-refractivity contribution >= 4 is 11.9 Å². The van der Waals surface area contributed by atoms with Crippen LogP contribution in [-0.2, 0) is 23.8 Å². The summed E-state index contributed by atoms with van der Waals surface area (Å²) in [6.45, 7) is 8.48. The molecule has 152 valence electrons. The number of methoxy groups -OCH3 is 2. The second-order valence-corrected chi connectivity index (χ2v) is 9.36. The molecule has 2 saturated carbocycles. The molecular weight excluding hydrogens is 344 g/mol. The van der Waals surface area contributed by atoms with E-state index in [9.17, 15) is 9.59 Å². The highest BCUT2D eigenvalue weighted by molar-refractivity contribution is 5.85. The van der Waals surface area contributed by atoms with Gasteiger partial charge >= 0.3 is 11.9 Å². The molecule has 3 fully saturated rings. The highest BCUT2D eigenvalue weighted by Gasteiger charge is 2.77. The molecule has 1 heterocycles. The first-order valence-electron chi connectivity index (χ1n) is 10.1. The third-order valence-electron chi connectivity index (χ3n) is 7.66. The Morgan fingerprint density at radius 3 is 2.37 bits per heavy atom. The van der Waals surface area contributed by atoms with Crippen LogP contribution in [0.15, 0.2) is 11.6 Å². The molecule has 27 heavy (non-hydrogen) atoms. The van der Waals surface area contributed by atoms with Crippen LogP contribution in [0.1, 0.15) is 66.2 Å². The smallest absolute Gasteiger partial charge is 0.341 e. The van der Waals surface area contributed by atoms with E-state index in [-0.39, 0.29) is 35.3 Å². The van der Waals surface area contributed by atoms with Crippen LogP contribution in [0.4, 0.5) is 0 Å². The van der Waals surface area contributed by atoms with Gasteiger partial charge in [-0.2, -0.15) is 0 Å². The summed E-state index contributed by atoms with van der Waals surface area (Å²) >= 11 is 0. The van der Waals surface area contributed by atoms with Crippen LogP contribution in [0, 0.1) is 22.7 Å². The minimum absolute atomic E-state index is 0.0427. The van der Waals surface area contributed by atoms with Gasteiger partial charge < -0.3 is 14.2 Å². The van der Waals surface area contributed by atoms with Crippen molar-refractivity contribution in [3.8, 4) is 0 Å². The lowest BCUT2D eigenvalue weighted by atomic mass is 9.45. The van der Waals surface area contributed by atoms with Gasteiger partial charge in [-0.15, -0.1) is 0 Å². The fourth-order valence-electron chi connectivity index (χ4n) is 6.34. The Bertz CT molecular complexity index is 651. The van der Waals surface area contributed by atoms with Crippen molar-refractivity contribution in [2.45, 2.75) is 77.9 Å². The SMILES string of the molecule is COC(=O)[C@@]12O[C@@H]1C[C@@H]1[C@](C)(CCC[C@@]1(C)C(=O)OC)[C@H]2CCC=C(C)C. The van der Waals surface area contributed by atoms with Gasteiger partial charge in [0.25, 0.3) is 0 Å². The van der Waals surface area contributed by atoms with Crippen LogP contribution in [0.3, 0.4) is 0 Å². The molecule has 2 aliphatic carbocycles. The van der Waals surface area contributed by atoms with Gasteiger partial charge in [-0.3, -0.25) is 4.79 Å². The monoisotopic (exact) mass is 378 g/mol. The van der Waals surface area contributed by atoms with Crippen molar-refractivity contribution < 1.29 is 23.8 Å². The summed E-state index contributed by atoms with van der Waals surface area (Å²) in [6.07, 6.45) is 7.34. The minimum atomic E-state index is -0.830. The van der Waals surface area contributed by atoms with Crippen LogP contribution in [0.2, 0.25) is 0 Å². The van der Waals surface area contributed by atoms with E-state index >= 15 is 0 Å². The number of ether oxygens (including phenoxy) is 3. The molecule has 5 heteroatoms. The standard InChI is InChI=1S/C22H34O5/c1-14(2)9-7-10-15-20(3)11-8-12-21(4,18(23)25-5)16(20)13-17-22(15,27-17)19(24)26-6/h9,15-17H,7-8,10-13H2,1-6H3/t15-,16-,17-,20-,21-,22+/m1/s1. The molecule has 6 atom stereocenters. The zero-order valence-electron chi connectivity index (χ0n) is 17.6. The summed E-state index contributed by atoms with van der Waals surface area (Å²) in [5, 5.41) is 0. The minimum Gasteiger partial charge on any atom is -0.469 e. The van der Waals surface area contributed by atoms with Gasteiger partial charge in [0.1, 0.15) is 0 Å². The Balaban J connectivity index is 2.00. The maximum absolute atomic E-state index is 12.8. The van der Waals surface area contributed by atoms with Crippen molar-refractivity contribution in [3.05, 3.63) is 11.6 Å². The van der Waals surface area contributed by atoms with Crippen molar-refractivity contribution in [2.24, 2.45) is 22.7 Å². The fraction of sp³-hybridized carbons (Fsp3) is 0.818. The highest BCUT2D eigenvalue weighted by atomic mass is 16.7. The molecule has 0 radical (unpaired) electrons. The summed E-state index contributed by atoms with van der Waals surface area (Å²) < 4.78 is 16.5. The van der Waals surface area contributed by atoms with Crippen LogP contribution < -0.4 is 0 Å². The molecule has 0 aromatic carbocycles. The van der Waals surface area contributed by atoms with E-state index in [1.807, 2.05) is 6.92 Å². The third kappa shape index (κ3) is 2.93. The maximum atomic E-state index is 12.8. The lowest BCUT2D eigenvalue weighted by molar-refractivity contribution is -0.174. The lowest BCUT2D eigenvalue weighted by Crippen LogP contribution is -2.59. The first-order chi connectivity index (χ1) is 12.7. The van der Waals surface area contributed by atoms with Gasteiger partial charge in [0, 0.05) is 5.92 Å². The Kier molecular flexibility index (Phi) is 5.21. The summed E-state index contributed by atoms with van der Waals surface area (Å²) in [5.41, 5.74) is -0.233. The van der Waals surface area contributed by atoms with Crippen molar-refractivity contribution in [2.75, 3.05) is 14.2 Å². The number of hydrogen-bond donors (Lipinski definition) is 0. The fourth-order valence-corrected chi connectivity index (χ4v) is 6.34. The number of epoxide rings is 1. The number of hydrogen-bond acceptors (Lipinski definition) is 5. The number of rotatable bonds is 5. The normalized spacial score (nSPS) is 42.4. The second-order valence-electron chi connectivity index (χ2n) is 9.36. The van der Waals surface area contributed by atoms with E-state index in [4.69, 9.17) is 14.2 Å². The van der Waals surface area contributed by atoms with Crippen molar-refractivity contribution in [1.29, 1.82) is 0 Å². The predicted octanol–water partition coefficient (Wildman–Crippen LogP) is 4.05. The van der Waals surface area contributed by atoms with Crippen molar-refractivity contribution in [1.82, 2.24) is 0 Å². The average Bonchev–Trinajstić information content (AvgIpc) is 3.36. The molecule has 0 unspecified atom stereocenters. The van der Waals surface area contributed by atoms with Crippen LogP contribution in [0.25, 0.3) is 0 Å². The predicted molar refractivity (Wildman–Crippen MR) is 102 cm³/mol. The quantitative estimate of drug-likeness (QED) is 0.410. The first-order valence-corrected chi connectivity index (χ1v) is 10.1. The molecular formula is C22H34O5. The van der Waals surface area contributed by atoms with E-state index < -0.39 is 11.0 Å². The zero-order chi connectivity index (χ0) is 20.0. The largest absolute Gasteiger partial charge is 0.469 e. The second kappa shape index (κ2) is 6.91. The summed E-state index contributed by atoms with van der Waals surface area (Å²) in [6, 6.07) is 0. The molecule has 1 saturated heterocycles. The summed E-state index contributed by atoms with van der Waals surface area (Å²) in [4.78, 5) is 25.5. The van der Waals surface area contributed by atoms with E-state index in [0.717, 1.165) is 38.5 Å².